The van der Waals surface area contributed by atoms with Crippen LogP contribution in [0.3, 0.4) is 0 Å². The lowest BCUT2D eigenvalue weighted by Gasteiger charge is -2.33. The molecule has 24 heavy (non-hydrogen) atoms. The number of ether oxygens (including phenoxy) is 1. The molecule has 2 bridgehead atoms. The fourth-order valence-electron chi connectivity index (χ4n) is 4.49. The first-order chi connectivity index (χ1) is 11.5. The van der Waals surface area contributed by atoms with E-state index in [0.29, 0.717) is 6.42 Å². The first kappa shape index (κ1) is 15.1. The van der Waals surface area contributed by atoms with Gasteiger partial charge >= 0.3 is 0 Å². The van der Waals surface area contributed by atoms with Gasteiger partial charge in [-0.1, -0.05) is 36.4 Å². The van der Waals surface area contributed by atoms with Crippen LogP contribution >= 0.6 is 0 Å². The number of hydrogen-bond acceptors (Lipinski definition) is 4. The topological polar surface area (TPSA) is 69.7 Å². The van der Waals surface area contributed by atoms with E-state index in [1.807, 2.05) is 37.3 Å². The van der Waals surface area contributed by atoms with Gasteiger partial charge in [0, 0.05) is 17.6 Å². The smallest absolute Gasteiger partial charge is 0.234 e. The number of aliphatic carboxylic acids is 1. The normalized spacial score (nSPS) is 36.2. The van der Waals surface area contributed by atoms with Crippen LogP contribution in [0.25, 0.3) is 0 Å². The van der Waals surface area contributed by atoms with E-state index in [2.05, 4.69) is 6.58 Å². The van der Waals surface area contributed by atoms with Gasteiger partial charge in [0.2, 0.25) is 5.91 Å². The van der Waals surface area contributed by atoms with Crippen LogP contribution in [-0.2, 0) is 14.3 Å². The summed E-state index contributed by atoms with van der Waals surface area (Å²) in [5.74, 6) is -3.13. The largest absolute Gasteiger partial charge is 0.550 e. The van der Waals surface area contributed by atoms with Crippen LogP contribution in [0, 0.1) is 18.8 Å². The maximum Gasteiger partial charge on any atom is 0.234 e. The quantitative estimate of drug-likeness (QED) is 0.774. The minimum atomic E-state index is -1.23. The molecule has 0 N–H and O–H groups in total. The van der Waals surface area contributed by atoms with E-state index < -0.39 is 29.5 Å². The molecule has 3 aliphatic rings. The predicted molar refractivity (Wildman–Crippen MR) is 86.0 cm³/mol. The van der Waals surface area contributed by atoms with Crippen molar-refractivity contribution in [2.24, 2.45) is 11.8 Å². The molecule has 0 aliphatic carbocycles. The molecule has 0 aromatic heterocycles. The third-order valence-electron chi connectivity index (χ3n) is 5.46. The second kappa shape index (κ2) is 5.05. The lowest BCUT2D eigenvalue weighted by Crippen LogP contribution is -2.46. The Bertz CT molecular complexity index is 770. The van der Waals surface area contributed by atoms with E-state index in [4.69, 9.17) is 4.74 Å². The summed E-state index contributed by atoms with van der Waals surface area (Å²) < 4.78 is 6.04. The number of carboxylic acids is 1. The number of nitrogens with zero attached hydrogens (tertiary/aromatic N) is 1. The van der Waals surface area contributed by atoms with Crippen molar-refractivity contribution < 1.29 is 19.4 Å². The van der Waals surface area contributed by atoms with E-state index >= 15 is 0 Å². The van der Waals surface area contributed by atoms with E-state index in [0.717, 1.165) is 11.3 Å². The van der Waals surface area contributed by atoms with Crippen LogP contribution in [0.5, 0.6) is 0 Å². The highest BCUT2D eigenvalue weighted by atomic mass is 16.5. The van der Waals surface area contributed by atoms with E-state index in [-0.39, 0.29) is 11.9 Å². The van der Waals surface area contributed by atoms with Gasteiger partial charge < -0.3 is 19.5 Å². The second-order valence-electron chi connectivity index (χ2n) is 6.65. The van der Waals surface area contributed by atoms with Gasteiger partial charge in [0.1, 0.15) is 5.60 Å². The van der Waals surface area contributed by atoms with Crippen molar-refractivity contribution in [1.29, 1.82) is 0 Å². The number of carbonyl (C=O) groups is 2. The highest BCUT2D eigenvalue weighted by Crippen LogP contribution is 2.56. The number of carboxylic acid groups (broad SMARTS) is 1. The number of hydrogen-bond donors (Lipinski definition) is 0. The highest BCUT2D eigenvalue weighted by molar-refractivity contribution is 6.03. The Morgan fingerprint density at radius 1 is 1.46 bits per heavy atom. The molecule has 0 saturated carbocycles. The molecule has 1 aromatic carbocycles. The Morgan fingerprint density at radius 2 is 2.21 bits per heavy atom. The molecule has 5 nitrogen and oxygen atoms in total. The summed E-state index contributed by atoms with van der Waals surface area (Å²) in [5.41, 5.74) is 0.832. The van der Waals surface area contributed by atoms with E-state index in [1.54, 1.807) is 17.1 Å². The van der Waals surface area contributed by atoms with Crippen molar-refractivity contribution in [2.75, 3.05) is 4.90 Å². The molecule has 1 aromatic rings. The van der Waals surface area contributed by atoms with Crippen molar-refractivity contribution >= 4 is 17.6 Å². The van der Waals surface area contributed by atoms with Gasteiger partial charge in [-0.25, -0.2) is 0 Å². The van der Waals surface area contributed by atoms with Gasteiger partial charge in [-0.3, -0.25) is 4.79 Å². The van der Waals surface area contributed by atoms with Gasteiger partial charge in [-0.2, -0.15) is 0 Å². The Balaban J connectivity index is 1.87. The van der Waals surface area contributed by atoms with E-state index in [9.17, 15) is 14.7 Å². The lowest BCUT2D eigenvalue weighted by molar-refractivity contribution is -0.313. The fourth-order valence-corrected chi connectivity index (χ4v) is 4.49. The molecule has 3 heterocycles. The molecule has 0 unspecified atom stereocenters. The zero-order valence-corrected chi connectivity index (χ0v) is 13.3. The minimum Gasteiger partial charge on any atom is -0.550 e. The molecule has 5 heteroatoms. The first-order valence-electron chi connectivity index (χ1n) is 8.09. The predicted octanol–water partition coefficient (Wildman–Crippen LogP) is 0.976. The first-order valence-corrected chi connectivity index (χ1v) is 8.09. The minimum absolute atomic E-state index is 0.211. The summed E-state index contributed by atoms with van der Waals surface area (Å²) in [6.45, 7) is 5.74. The van der Waals surface area contributed by atoms with Crippen LogP contribution in [0.1, 0.15) is 12.0 Å². The van der Waals surface area contributed by atoms with Gasteiger partial charge in [0.05, 0.1) is 18.1 Å². The molecule has 124 valence electrons. The number of carbonyl (C=O) groups excluding carboxylic acids is 2. The van der Waals surface area contributed by atoms with Gasteiger partial charge in [0.15, 0.2) is 0 Å². The number of anilines is 1. The van der Waals surface area contributed by atoms with Crippen LogP contribution in [0.15, 0.2) is 49.1 Å². The summed E-state index contributed by atoms with van der Waals surface area (Å²) in [6.07, 6.45) is 5.30. The Labute approximate surface area is 140 Å². The number of benzene rings is 1. The molecule has 4 rings (SSSR count). The average molecular weight is 324 g/mol. The maximum absolute atomic E-state index is 13.2. The van der Waals surface area contributed by atoms with Crippen LogP contribution in [0.2, 0.25) is 0 Å². The monoisotopic (exact) mass is 324 g/mol. The third-order valence-corrected chi connectivity index (χ3v) is 5.46. The number of para-hydroxylation sites is 1. The SMILES string of the molecule is C=CC[C@H]1N(c2ccccc2C)C(=O)[C@@H]2[C@@H](C(=O)[O-])[C@H]3C=C[C@]21O3. The summed E-state index contributed by atoms with van der Waals surface area (Å²) in [5, 5.41) is 11.6. The van der Waals surface area contributed by atoms with E-state index in [1.165, 1.54) is 0 Å². The summed E-state index contributed by atoms with van der Waals surface area (Å²) in [7, 11) is 0. The molecule has 5 atom stereocenters. The zero-order valence-electron chi connectivity index (χ0n) is 13.3. The van der Waals surface area contributed by atoms with Crippen LogP contribution in [-0.4, -0.2) is 29.6 Å². The molecule has 1 amide bonds. The van der Waals surface area contributed by atoms with Gasteiger partial charge in [-0.15, -0.1) is 6.58 Å². The standard InChI is InChI=1S/C19H19NO4/c1-3-6-14-19-10-9-13(24-19)15(18(22)23)16(19)17(21)20(14)12-8-5-4-7-11(12)2/h3-5,7-10,13-16H,1,6H2,2H3,(H,22,23)/p-1/t13-,14-,15+,16+,19-/m1/s1. The van der Waals surface area contributed by atoms with Crippen molar-refractivity contribution in [3.05, 3.63) is 54.6 Å². The van der Waals surface area contributed by atoms with Crippen molar-refractivity contribution in [1.82, 2.24) is 0 Å². The molecule has 2 fully saturated rings. The van der Waals surface area contributed by atoms with Crippen LogP contribution < -0.4 is 10.0 Å². The van der Waals surface area contributed by atoms with Crippen molar-refractivity contribution in [3.63, 3.8) is 0 Å². The number of aryl methyl sites for hydroxylation is 1. The Hall–Kier alpha value is -2.40. The van der Waals surface area contributed by atoms with Gasteiger partial charge in [-0.05, 0) is 25.0 Å². The second-order valence-corrected chi connectivity index (χ2v) is 6.65. The fraction of sp³-hybridized carbons (Fsp3) is 0.368. The van der Waals surface area contributed by atoms with Gasteiger partial charge in [0.25, 0.3) is 0 Å². The lowest BCUT2D eigenvalue weighted by atomic mass is 9.74. The molecule has 2 saturated heterocycles. The highest BCUT2D eigenvalue weighted by Gasteiger charge is 2.69. The molecule has 3 aliphatic heterocycles. The zero-order chi connectivity index (χ0) is 17.1. The van der Waals surface area contributed by atoms with Crippen molar-refractivity contribution in [3.8, 4) is 0 Å². The number of fused-ring (bicyclic) bond motifs is 1. The average Bonchev–Trinajstić information content (AvgIpc) is 3.18. The maximum atomic E-state index is 13.2. The Kier molecular flexibility index (Phi) is 3.18. The molecule has 1 spiro atoms. The summed E-state index contributed by atoms with van der Waals surface area (Å²) in [6, 6.07) is 7.29. The number of amides is 1. The molecular weight excluding hydrogens is 306 g/mol. The van der Waals surface area contributed by atoms with Crippen molar-refractivity contribution in [2.45, 2.75) is 31.1 Å². The Morgan fingerprint density at radius 3 is 2.88 bits per heavy atom. The summed E-state index contributed by atoms with van der Waals surface area (Å²) in [4.78, 5) is 26.5. The number of rotatable bonds is 4. The summed E-state index contributed by atoms with van der Waals surface area (Å²) >= 11 is 0. The van der Waals surface area contributed by atoms with Crippen LogP contribution in [0.4, 0.5) is 5.69 Å². The molecular formula is C19H18NO4-. The molecule has 0 radical (unpaired) electrons. The third kappa shape index (κ3) is 1.73.